The van der Waals surface area contributed by atoms with Gasteiger partial charge in [-0.15, -0.1) is 0 Å². The summed E-state index contributed by atoms with van der Waals surface area (Å²) < 4.78 is 0. The third-order valence-corrected chi connectivity index (χ3v) is 3.59. The highest BCUT2D eigenvalue weighted by molar-refractivity contribution is 6.31. The molecule has 0 fully saturated rings. The van der Waals surface area contributed by atoms with Crippen LogP contribution in [0.4, 0.5) is 5.69 Å². The fourth-order valence-corrected chi connectivity index (χ4v) is 2.34. The van der Waals surface area contributed by atoms with Crippen molar-refractivity contribution in [1.29, 1.82) is 0 Å². The number of hydrogen-bond acceptors (Lipinski definition) is 4. The van der Waals surface area contributed by atoms with E-state index in [1.807, 2.05) is 0 Å². The van der Waals surface area contributed by atoms with Gasteiger partial charge in [0.15, 0.2) is 5.82 Å². The van der Waals surface area contributed by atoms with Crippen LogP contribution in [0.2, 0.25) is 5.02 Å². The Bertz CT molecular complexity index is 878. The van der Waals surface area contributed by atoms with Crippen LogP contribution in [0.5, 0.6) is 0 Å². The van der Waals surface area contributed by atoms with Gasteiger partial charge in [-0.05, 0) is 42.5 Å². The van der Waals surface area contributed by atoms with Crippen molar-refractivity contribution in [3.05, 3.63) is 65.4 Å². The van der Waals surface area contributed by atoms with Gasteiger partial charge < -0.3 is 10.6 Å². The molecule has 1 aromatic heterocycles. The van der Waals surface area contributed by atoms with Gasteiger partial charge >= 0.3 is 0 Å². The molecule has 2 amide bonds. The molecule has 0 spiro atoms. The molecule has 0 unspecified atom stereocenters. The molecule has 25 heavy (non-hydrogen) atoms. The second kappa shape index (κ2) is 7.59. The molecule has 0 radical (unpaired) electrons. The highest BCUT2D eigenvalue weighted by atomic mass is 35.5. The summed E-state index contributed by atoms with van der Waals surface area (Å²) in [6.45, 7) is -0.144. The smallest absolute Gasteiger partial charge is 0.251 e. The topological polar surface area (TPSA) is 99.8 Å². The first-order chi connectivity index (χ1) is 12.1. The quantitative estimate of drug-likeness (QED) is 0.654. The monoisotopic (exact) mass is 355 g/mol. The van der Waals surface area contributed by atoms with Gasteiger partial charge in [-0.2, -0.15) is 5.10 Å². The lowest BCUT2D eigenvalue weighted by Crippen LogP contribution is -2.32. The van der Waals surface area contributed by atoms with Crippen molar-refractivity contribution in [3.8, 4) is 11.4 Å². The minimum absolute atomic E-state index is 0.144. The number of carbonyl (C=O) groups is 2. The molecular weight excluding hydrogens is 342 g/mol. The Morgan fingerprint density at radius 1 is 1.12 bits per heavy atom. The lowest BCUT2D eigenvalue weighted by Gasteiger charge is -2.08. The molecule has 0 atom stereocenters. The molecule has 0 saturated heterocycles. The van der Waals surface area contributed by atoms with Crippen LogP contribution >= 0.6 is 11.6 Å². The highest BCUT2D eigenvalue weighted by Crippen LogP contribution is 2.17. The zero-order valence-corrected chi connectivity index (χ0v) is 13.7. The molecule has 0 aliphatic heterocycles. The van der Waals surface area contributed by atoms with Gasteiger partial charge in [-0.3, -0.25) is 14.7 Å². The maximum atomic E-state index is 12.0. The van der Waals surface area contributed by atoms with Gasteiger partial charge in [-0.1, -0.05) is 17.7 Å². The standard InChI is InChI=1S/C17H14ClN5O2/c18-13-3-1-2-12(8-13)17(25)19-9-15(24)22-14-6-4-11(5-7-14)16-20-10-21-23-16/h1-8,10H,9H2,(H,19,25)(H,22,24)(H,20,21,23). The van der Waals surface area contributed by atoms with E-state index in [-0.39, 0.29) is 18.4 Å². The number of benzene rings is 2. The van der Waals surface area contributed by atoms with Gasteiger partial charge in [-0.25, -0.2) is 4.98 Å². The number of nitrogens with zero attached hydrogens (tertiary/aromatic N) is 2. The van der Waals surface area contributed by atoms with Crippen molar-refractivity contribution in [2.75, 3.05) is 11.9 Å². The van der Waals surface area contributed by atoms with Gasteiger partial charge in [0.1, 0.15) is 6.33 Å². The SMILES string of the molecule is O=C(CNC(=O)c1cccc(Cl)c1)Nc1ccc(-c2ncn[nH]2)cc1. The van der Waals surface area contributed by atoms with E-state index >= 15 is 0 Å². The Morgan fingerprint density at radius 2 is 1.92 bits per heavy atom. The van der Waals surface area contributed by atoms with Crippen LogP contribution in [0.3, 0.4) is 0 Å². The number of amides is 2. The molecule has 3 rings (SSSR count). The van der Waals surface area contributed by atoms with Crippen LogP contribution in [0, 0.1) is 0 Å². The average Bonchev–Trinajstić information content (AvgIpc) is 3.15. The number of aromatic amines is 1. The lowest BCUT2D eigenvalue weighted by atomic mass is 10.2. The molecule has 1 heterocycles. The zero-order valence-electron chi connectivity index (χ0n) is 13.0. The largest absolute Gasteiger partial charge is 0.343 e. The van der Waals surface area contributed by atoms with Gasteiger partial charge in [0.05, 0.1) is 6.54 Å². The minimum Gasteiger partial charge on any atom is -0.343 e. The average molecular weight is 356 g/mol. The van der Waals surface area contributed by atoms with E-state index in [1.165, 1.54) is 12.4 Å². The maximum Gasteiger partial charge on any atom is 0.251 e. The molecule has 3 aromatic rings. The number of aromatic nitrogens is 3. The van der Waals surface area contributed by atoms with E-state index < -0.39 is 0 Å². The van der Waals surface area contributed by atoms with Crippen molar-refractivity contribution >= 4 is 29.1 Å². The van der Waals surface area contributed by atoms with Gasteiger partial charge in [0.2, 0.25) is 5.91 Å². The van der Waals surface area contributed by atoms with E-state index in [4.69, 9.17) is 11.6 Å². The third-order valence-electron chi connectivity index (χ3n) is 3.35. The first-order valence-electron chi connectivity index (χ1n) is 7.41. The highest BCUT2D eigenvalue weighted by Gasteiger charge is 2.09. The molecule has 2 aromatic carbocycles. The second-order valence-electron chi connectivity index (χ2n) is 5.15. The van der Waals surface area contributed by atoms with E-state index in [9.17, 15) is 9.59 Å². The molecule has 7 nitrogen and oxygen atoms in total. The Labute approximate surface area is 148 Å². The summed E-state index contributed by atoms with van der Waals surface area (Å²) in [4.78, 5) is 28.0. The number of carbonyl (C=O) groups excluding carboxylic acids is 2. The van der Waals surface area contributed by atoms with Crippen molar-refractivity contribution in [3.63, 3.8) is 0 Å². The number of hydrogen-bond donors (Lipinski definition) is 3. The Morgan fingerprint density at radius 3 is 2.60 bits per heavy atom. The Hall–Kier alpha value is -3.19. The maximum absolute atomic E-state index is 12.0. The molecule has 0 aliphatic rings. The predicted molar refractivity (Wildman–Crippen MR) is 94.2 cm³/mol. The molecular formula is C17H14ClN5O2. The van der Waals surface area contributed by atoms with E-state index in [0.29, 0.717) is 22.1 Å². The Balaban J connectivity index is 1.53. The molecule has 126 valence electrons. The summed E-state index contributed by atoms with van der Waals surface area (Å²) in [5.41, 5.74) is 1.87. The number of nitrogens with one attached hydrogen (secondary N) is 3. The number of halogens is 1. The van der Waals surface area contributed by atoms with Crippen LogP contribution in [0.1, 0.15) is 10.4 Å². The predicted octanol–water partition coefficient (Wildman–Crippen LogP) is 2.49. The van der Waals surface area contributed by atoms with Crippen LogP contribution in [0.15, 0.2) is 54.9 Å². The lowest BCUT2D eigenvalue weighted by molar-refractivity contribution is -0.115. The van der Waals surface area contributed by atoms with E-state index in [0.717, 1.165) is 5.56 Å². The van der Waals surface area contributed by atoms with Crippen LogP contribution in [0.25, 0.3) is 11.4 Å². The van der Waals surface area contributed by atoms with Crippen molar-refractivity contribution < 1.29 is 9.59 Å². The van der Waals surface area contributed by atoms with Crippen molar-refractivity contribution in [1.82, 2.24) is 20.5 Å². The summed E-state index contributed by atoms with van der Waals surface area (Å²) in [6.07, 6.45) is 1.42. The fraction of sp³-hybridized carbons (Fsp3) is 0.0588. The molecule has 8 heteroatoms. The summed E-state index contributed by atoms with van der Waals surface area (Å²) in [6, 6.07) is 13.6. The molecule has 0 aliphatic carbocycles. The molecule has 3 N–H and O–H groups in total. The third kappa shape index (κ3) is 4.42. The molecule has 0 bridgehead atoms. The van der Waals surface area contributed by atoms with Crippen LogP contribution in [-0.2, 0) is 4.79 Å². The number of anilines is 1. The minimum atomic E-state index is -0.363. The van der Waals surface area contributed by atoms with Crippen LogP contribution < -0.4 is 10.6 Å². The van der Waals surface area contributed by atoms with Crippen molar-refractivity contribution in [2.24, 2.45) is 0 Å². The first-order valence-corrected chi connectivity index (χ1v) is 7.79. The molecule has 0 saturated carbocycles. The first kappa shape index (κ1) is 16.7. The second-order valence-corrected chi connectivity index (χ2v) is 5.59. The fourth-order valence-electron chi connectivity index (χ4n) is 2.15. The zero-order chi connectivity index (χ0) is 17.6. The summed E-state index contributed by atoms with van der Waals surface area (Å²) in [7, 11) is 0. The van der Waals surface area contributed by atoms with Crippen molar-refractivity contribution in [2.45, 2.75) is 0 Å². The Kier molecular flexibility index (Phi) is 5.06. The number of rotatable bonds is 5. The summed E-state index contributed by atoms with van der Waals surface area (Å²) in [5, 5.41) is 12.3. The summed E-state index contributed by atoms with van der Waals surface area (Å²) in [5.74, 6) is -0.0484. The van der Waals surface area contributed by atoms with E-state index in [1.54, 1.807) is 42.5 Å². The van der Waals surface area contributed by atoms with Crippen LogP contribution in [-0.4, -0.2) is 33.5 Å². The normalized spacial score (nSPS) is 10.3. The number of H-pyrrole nitrogens is 1. The van der Waals surface area contributed by atoms with E-state index in [2.05, 4.69) is 25.8 Å². The van der Waals surface area contributed by atoms with Gasteiger partial charge in [0.25, 0.3) is 5.91 Å². The summed E-state index contributed by atoms with van der Waals surface area (Å²) >= 11 is 5.84. The van der Waals surface area contributed by atoms with Gasteiger partial charge in [0, 0.05) is 21.8 Å².